The van der Waals surface area contributed by atoms with Crippen LogP contribution in [-0.2, 0) is 0 Å². The first-order valence-corrected chi connectivity index (χ1v) is 7.59. The maximum absolute atomic E-state index is 4.23. The highest BCUT2D eigenvalue weighted by Crippen LogP contribution is 2.16. The lowest BCUT2D eigenvalue weighted by atomic mass is 10.1. The van der Waals surface area contributed by atoms with Gasteiger partial charge in [0.15, 0.2) is 0 Å². The topological polar surface area (TPSA) is 25.8 Å². The fraction of sp³-hybridized carbons (Fsp3) is 0. The summed E-state index contributed by atoms with van der Waals surface area (Å²) in [5.41, 5.74) is 1.77. The molecule has 4 aromatic rings. The first-order chi connectivity index (χ1) is 11.9. The Balaban J connectivity index is 1.71. The molecular formula is C22H12N2. The van der Waals surface area contributed by atoms with Crippen molar-refractivity contribution in [2.45, 2.75) is 0 Å². The zero-order chi connectivity index (χ0) is 16.2. The number of aromatic nitrogens is 2. The van der Waals surface area contributed by atoms with E-state index in [0.717, 1.165) is 32.7 Å². The third-order valence-corrected chi connectivity index (χ3v) is 3.79. The van der Waals surface area contributed by atoms with E-state index in [1.54, 1.807) is 12.4 Å². The number of nitrogens with zero attached hydrogens (tertiary/aromatic N) is 2. The molecule has 2 aromatic heterocycles. The predicted octanol–water partition coefficient (Wildman–Crippen LogP) is 4.19. The molecule has 0 unspecified atom stereocenters. The second-order valence-corrected chi connectivity index (χ2v) is 5.32. The van der Waals surface area contributed by atoms with Crippen LogP contribution in [0.2, 0.25) is 0 Å². The lowest BCUT2D eigenvalue weighted by Crippen LogP contribution is -1.82. The summed E-state index contributed by atoms with van der Waals surface area (Å²) in [4.78, 5) is 8.46. The molecule has 0 aliphatic heterocycles. The van der Waals surface area contributed by atoms with Gasteiger partial charge in [-0.05, 0) is 11.8 Å². The molecule has 0 atom stereocenters. The van der Waals surface area contributed by atoms with Gasteiger partial charge in [-0.3, -0.25) is 9.97 Å². The quantitative estimate of drug-likeness (QED) is 0.455. The van der Waals surface area contributed by atoms with Crippen LogP contribution >= 0.6 is 0 Å². The van der Waals surface area contributed by atoms with Gasteiger partial charge in [0.1, 0.15) is 0 Å². The minimum absolute atomic E-state index is 0.887. The van der Waals surface area contributed by atoms with E-state index >= 15 is 0 Å². The van der Waals surface area contributed by atoms with Crippen LogP contribution in [0.4, 0.5) is 0 Å². The maximum atomic E-state index is 4.23. The van der Waals surface area contributed by atoms with Crippen molar-refractivity contribution >= 4 is 21.5 Å². The normalized spacial score (nSPS) is 9.83. The van der Waals surface area contributed by atoms with Crippen LogP contribution < -0.4 is 0 Å². The Hall–Kier alpha value is -3.62. The number of fused-ring (bicyclic) bond motifs is 2. The first kappa shape index (κ1) is 14.0. The van der Waals surface area contributed by atoms with Gasteiger partial charge in [-0.1, -0.05) is 60.4 Å². The van der Waals surface area contributed by atoms with Crippen LogP contribution in [0, 0.1) is 23.7 Å². The number of pyridine rings is 2. The molecule has 0 spiro atoms. The van der Waals surface area contributed by atoms with Crippen molar-refractivity contribution in [3.05, 3.63) is 84.4 Å². The fourth-order valence-electron chi connectivity index (χ4n) is 2.63. The van der Waals surface area contributed by atoms with Crippen LogP contribution in [0.15, 0.2) is 73.3 Å². The van der Waals surface area contributed by atoms with Gasteiger partial charge in [-0.15, -0.1) is 0 Å². The van der Waals surface area contributed by atoms with E-state index in [1.807, 2.05) is 60.9 Å². The Bertz CT molecular complexity index is 1060. The van der Waals surface area contributed by atoms with Crippen LogP contribution in [0.5, 0.6) is 0 Å². The highest BCUT2D eigenvalue weighted by atomic mass is 14.6. The number of benzene rings is 2. The monoisotopic (exact) mass is 304 g/mol. The van der Waals surface area contributed by atoms with Crippen molar-refractivity contribution in [1.82, 2.24) is 9.97 Å². The SMILES string of the molecule is C(C#Cc1cncc2ccccc12)#Cc1cncc2ccccc12. The molecule has 0 aliphatic carbocycles. The lowest BCUT2D eigenvalue weighted by Gasteiger charge is -1.98. The minimum Gasteiger partial charge on any atom is -0.263 e. The van der Waals surface area contributed by atoms with E-state index in [0.29, 0.717) is 0 Å². The van der Waals surface area contributed by atoms with E-state index in [-0.39, 0.29) is 0 Å². The number of rotatable bonds is 0. The Morgan fingerprint density at radius 3 is 1.50 bits per heavy atom. The van der Waals surface area contributed by atoms with Crippen molar-refractivity contribution in [2.75, 3.05) is 0 Å². The largest absolute Gasteiger partial charge is 0.263 e. The lowest BCUT2D eigenvalue weighted by molar-refractivity contribution is 1.35. The van der Waals surface area contributed by atoms with Gasteiger partial charge >= 0.3 is 0 Å². The molecule has 110 valence electrons. The maximum Gasteiger partial charge on any atom is 0.0517 e. The first-order valence-electron chi connectivity index (χ1n) is 7.59. The van der Waals surface area contributed by atoms with Crippen molar-refractivity contribution in [1.29, 1.82) is 0 Å². The second kappa shape index (κ2) is 6.24. The van der Waals surface area contributed by atoms with Gasteiger partial charge in [-0.2, -0.15) is 0 Å². The average molecular weight is 304 g/mol. The van der Waals surface area contributed by atoms with E-state index < -0.39 is 0 Å². The van der Waals surface area contributed by atoms with Crippen LogP contribution in [0.1, 0.15) is 11.1 Å². The molecule has 0 N–H and O–H groups in total. The highest BCUT2D eigenvalue weighted by Gasteiger charge is 1.98. The summed E-state index contributed by atoms with van der Waals surface area (Å²) < 4.78 is 0. The highest BCUT2D eigenvalue weighted by molar-refractivity contribution is 5.88. The van der Waals surface area contributed by atoms with Crippen molar-refractivity contribution in [2.24, 2.45) is 0 Å². The van der Waals surface area contributed by atoms with E-state index in [2.05, 4.69) is 33.6 Å². The Kier molecular flexibility index (Phi) is 3.64. The Morgan fingerprint density at radius 1 is 0.542 bits per heavy atom. The standard InChI is InChI=1S/C22H12N2/c1(7-17-13-23-15-19-9-3-5-11-21(17)19)2-8-18-14-24-16-20-10-4-6-12-22(18)20/h3-6,9-16H. The second-order valence-electron chi connectivity index (χ2n) is 5.32. The zero-order valence-corrected chi connectivity index (χ0v) is 12.8. The zero-order valence-electron chi connectivity index (χ0n) is 12.8. The van der Waals surface area contributed by atoms with Gasteiger partial charge in [0.2, 0.25) is 0 Å². The Morgan fingerprint density at radius 2 is 1.00 bits per heavy atom. The third-order valence-electron chi connectivity index (χ3n) is 3.79. The summed E-state index contributed by atoms with van der Waals surface area (Å²) in [5.74, 6) is 12.1. The fourth-order valence-corrected chi connectivity index (χ4v) is 2.63. The van der Waals surface area contributed by atoms with Gasteiger partial charge in [-0.25, -0.2) is 0 Å². The molecule has 0 amide bonds. The van der Waals surface area contributed by atoms with E-state index in [9.17, 15) is 0 Å². The summed E-state index contributed by atoms with van der Waals surface area (Å²) in [6.45, 7) is 0. The molecule has 0 saturated heterocycles. The summed E-state index contributed by atoms with van der Waals surface area (Å²) in [6, 6.07) is 16.1. The molecule has 4 rings (SSSR count). The summed E-state index contributed by atoms with van der Waals surface area (Å²) >= 11 is 0. The molecule has 0 fully saturated rings. The molecule has 2 heterocycles. The molecule has 0 saturated carbocycles. The van der Waals surface area contributed by atoms with E-state index in [4.69, 9.17) is 0 Å². The molecule has 0 radical (unpaired) electrons. The predicted molar refractivity (Wildman–Crippen MR) is 97.2 cm³/mol. The van der Waals surface area contributed by atoms with Crippen LogP contribution in [0.25, 0.3) is 21.5 Å². The van der Waals surface area contributed by atoms with Crippen molar-refractivity contribution in [3.63, 3.8) is 0 Å². The van der Waals surface area contributed by atoms with Gasteiger partial charge in [0.05, 0.1) is 11.1 Å². The minimum atomic E-state index is 0.887. The average Bonchev–Trinajstić information content (AvgIpc) is 2.65. The molecule has 0 aliphatic rings. The summed E-state index contributed by atoms with van der Waals surface area (Å²) in [5, 5.41) is 4.34. The smallest absolute Gasteiger partial charge is 0.0517 e. The molecule has 24 heavy (non-hydrogen) atoms. The van der Waals surface area contributed by atoms with Crippen LogP contribution in [0.3, 0.4) is 0 Å². The molecule has 0 bridgehead atoms. The van der Waals surface area contributed by atoms with Gasteiger partial charge < -0.3 is 0 Å². The molecule has 2 heteroatoms. The number of hydrogen-bond donors (Lipinski definition) is 0. The van der Waals surface area contributed by atoms with Crippen molar-refractivity contribution < 1.29 is 0 Å². The Labute approximate surface area is 140 Å². The van der Waals surface area contributed by atoms with Crippen molar-refractivity contribution in [3.8, 4) is 23.7 Å². The van der Waals surface area contributed by atoms with Gasteiger partial charge in [0, 0.05) is 46.3 Å². The summed E-state index contributed by atoms with van der Waals surface area (Å²) in [6.07, 6.45) is 7.23. The molecule has 2 aromatic carbocycles. The number of hydrogen-bond acceptors (Lipinski definition) is 2. The molecular weight excluding hydrogens is 292 g/mol. The van der Waals surface area contributed by atoms with E-state index in [1.165, 1.54) is 0 Å². The van der Waals surface area contributed by atoms with Crippen LogP contribution in [-0.4, -0.2) is 9.97 Å². The van der Waals surface area contributed by atoms with Gasteiger partial charge in [0.25, 0.3) is 0 Å². The summed E-state index contributed by atoms with van der Waals surface area (Å²) in [7, 11) is 0. The molecule has 2 nitrogen and oxygen atoms in total. The third kappa shape index (κ3) is 2.70.